The zero-order valence-corrected chi connectivity index (χ0v) is 13.5. The molecule has 0 amide bonds. The van der Waals surface area contributed by atoms with Crippen LogP contribution in [0.4, 0.5) is 0 Å². The smallest absolute Gasteiger partial charge is 0.115 e. The van der Waals surface area contributed by atoms with E-state index in [4.69, 9.17) is 0 Å². The number of phenolic OH excluding ortho intramolecular Hbond substituents is 1. The number of phenols is 1. The molecule has 0 heterocycles. The second-order valence-corrected chi connectivity index (χ2v) is 5.93. The van der Waals surface area contributed by atoms with E-state index in [0.717, 1.165) is 25.1 Å². The van der Waals surface area contributed by atoms with Gasteiger partial charge < -0.3 is 10.0 Å². The second kappa shape index (κ2) is 9.54. The van der Waals surface area contributed by atoms with E-state index in [1.54, 1.807) is 12.1 Å². The number of benzene rings is 1. The lowest BCUT2D eigenvalue weighted by atomic mass is 10.3. The number of allylic oxidation sites excluding steroid dienone is 4. The van der Waals surface area contributed by atoms with Gasteiger partial charge in [0.2, 0.25) is 0 Å². The molecule has 110 valence electrons. The van der Waals surface area contributed by atoms with Crippen LogP contribution >= 0.6 is 11.8 Å². The highest BCUT2D eigenvalue weighted by molar-refractivity contribution is 7.99. The molecule has 0 radical (unpaired) electrons. The summed E-state index contributed by atoms with van der Waals surface area (Å²) in [7, 11) is 2.14. The first-order valence-electron chi connectivity index (χ1n) is 7.10. The molecule has 20 heavy (non-hydrogen) atoms. The van der Waals surface area contributed by atoms with Crippen molar-refractivity contribution < 1.29 is 5.11 Å². The molecule has 0 aliphatic carbocycles. The second-order valence-electron chi connectivity index (χ2n) is 4.76. The van der Waals surface area contributed by atoms with Gasteiger partial charge in [-0.3, -0.25) is 0 Å². The molecule has 0 bridgehead atoms. The van der Waals surface area contributed by atoms with Gasteiger partial charge in [-0.05, 0) is 55.9 Å². The summed E-state index contributed by atoms with van der Waals surface area (Å²) in [6.07, 6.45) is 8.67. The molecule has 0 saturated carbocycles. The molecule has 0 aromatic heterocycles. The summed E-state index contributed by atoms with van der Waals surface area (Å²) in [5.41, 5.74) is 1.30. The van der Waals surface area contributed by atoms with Crippen molar-refractivity contribution in [3.8, 4) is 5.75 Å². The molecule has 0 unspecified atom stereocenters. The molecule has 1 aromatic rings. The number of rotatable bonds is 8. The first-order chi connectivity index (χ1) is 9.63. The summed E-state index contributed by atoms with van der Waals surface area (Å²) in [4.78, 5) is 3.50. The van der Waals surface area contributed by atoms with Crippen molar-refractivity contribution in [2.24, 2.45) is 0 Å². The van der Waals surface area contributed by atoms with Crippen LogP contribution in [0.5, 0.6) is 5.75 Å². The van der Waals surface area contributed by atoms with Crippen LogP contribution in [0.3, 0.4) is 0 Å². The van der Waals surface area contributed by atoms with Crippen LogP contribution < -0.4 is 0 Å². The molecular weight excluding hydrogens is 266 g/mol. The SMILES string of the molecule is CC/C=C\C=C(/C)N(C)CCCSc1ccc(O)cc1. The van der Waals surface area contributed by atoms with E-state index in [1.807, 2.05) is 23.9 Å². The van der Waals surface area contributed by atoms with Gasteiger partial charge in [0.15, 0.2) is 0 Å². The van der Waals surface area contributed by atoms with Crippen LogP contribution in [0, 0.1) is 0 Å². The molecule has 0 fully saturated rings. The predicted octanol–water partition coefficient (Wildman–Crippen LogP) is 4.68. The minimum absolute atomic E-state index is 0.329. The van der Waals surface area contributed by atoms with Crippen molar-refractivity contribution in [1.82, 2.24) is 4.90 Å². The molecule has 3 heteroatoms. The Morgan fingerprint density at radius 3 is 2.65 bits per heavy atom. The van der Waals surface area contributed by atoms with E-state index < -0.39 is 0 Å². The number of aromatic hydroxyl groups is 1. The number of nitrogens with zero attached hydrogens (tertiary/aromatic N) is 1. The minimum atomic E-state index is 0.329. The number of hydrogen-bond donors (Lipinski definition) is 1. The summed E-state index contributed by atoms with van der Waals surface area (Å²) >= 11 is 1.83. The lowest BCUT2D eigenvalue weighted by molar-refractivity contribution is 0.419. The maximum atomic E-state index is 9.22. The molecule has 0 aliphatic heterocycles. The van der Waals surface area contributed by atoms with Crippen molar-refractivity contribution in [3.05, 3.63) is 48.2 Å². The van der Waals surface area contributed by atoms with E-state index in [2.05, 4.69) is 44.0 Å². The van der Waals surface area contributed by atoms with E-state index >= 15 is 0 Å². The van der Waals surface area contributed by atoms with E-state index in [1.165, 1.54) is 10.6 Å². The zero-order chi connectivity index (χ0) is 14.8. The van der Waals surface area contributed by atoms with Crippen molar-refractivity contribution in [2.45, 2.75) is 31.6 Å². The summed E-state index contributed by atoms with van der Waals surface area (Å²) in [5, 5.41) is 9.22. The fraction of sp³-hybridized carbons (Fsp3) is 0.412. The van der Waals surface area contributed by atoms with Crippen molar-refractivity contribution in [2.75, 3.05) is 19.3 Å². The topological polar surface area (TPSA) is 23.5 Å². The maximum absolute atomic E-state index is 9.22. The molecule has 0 spiro atoms. The Balaban J connectivity index is 2.24. The summed E-state index contributed by atoms with van der Waals surface area (Å²) in [5.74, 6) is 1.42. The van der Waals surface area contributed by atoms with Gasteiger partial charge in [0.1, 0.15) is 5.75 Å². The van der Waals surface area contributed by atoms with Crippen molar-refractivity contribution in [3.63, 3.8) is 0 Å². The normalized spacial score (nSPS) is 12.1. The maximum Gasteiger partial charge on any atom is 0.115 e. The Morgan fingerprint density at radius 1 is 1.30 bits per heavy atom. The van der Waals surface area contributed by atoms with Gasteiger partial charge >= 0.3 is 0 Å². The molecule has 0 aliphatic rings. The number of thioether (sulfide) groups is 1. The van der Waals surface area contributed by atoms with Gasteiger partial charge in [0.05, 0.1) is 0 Å². The predicted molar refractivity (Wildman–Crippen MR) is 89.3 cm³/mol. The Bertz CT molecular complexity index is 437. The third-order valence-corrected chi connectivity index (χ3v) is 4.15. The Labute approximate surface area is 127 Å². The van der Waals surface area contributed by atoms with Gasteiger partial charge in [0, 0.05) is 24.2 Å². The van der Waals surface area contributed by atoms with Crippen LogP contribution in [0.15, 0.2) is 53.1 Å². The van der Waals surface area contributed by atoms with E-state index in [9.17, 15) is 5.11 Å². The zero-order valence-electron chi connectivity index (χ0n) is 12.7. The Kier molecular flexibility index (Phi) is 7.97. The third kappa shape index (κ3) is 6.71. The Morgan fingerprint density at radius 2 is 2.00 bits per heavy atom. The third-order valence-electron chi connectivity index (χ3n) is 3.05. The van der Waals surface area contributed by atoms with Gasteiger partial charge in [-0.15, -0.1) is 11.8 Å². The summed E-state index contributed by atoms with van der Waals surface area (Å²) < 4.78 is 0. The van der Waals surface area contributed by atoms with Gasteiger partial charge in [0.25, 0.3) is 0 Å². The quantitative estimate of drug-likeness (QED) is 0.427. The van der Waals surface area contributed by atoms with E-state index in [-0.39, 0.29) is 0 Å². The molecule has 0 saturated heterocycles. The van der Waals surface area contributed by atoms with Gasteiger partial charge in [-0.25, -0.2) is 0 Å². The van der Waals surface area contributed by atoms with Crippen LogP contribution in [0.1, 0.15) is 26.7 Å². The van der Waals surface area contributed by atoms with E-state index in [0.29, 0.717) is 5.75 Å². The van der Waals surface area contributed by atoms with Gasteiger partial charge in [-0.1, -0.05) is 19.1 Å². The van der Waals surface area contributed by atoms with Crippen LogP contribution in [-0.2, 0) is 0 Å². The molecule has 1 N–H and O–H groups in total. The molecular formula is C17H25NOS. The first-order valence-corrected chi connectivity index (χ1v) is 8.08. The fourth-order valence-electron chi connectivity index (χ4n) is 1.68. The average Bonchev–Trinajstić information content (AvgIpc) is 2.45. The highest BCUT2D eigenvalue weighted by Gasteiger charge is 1.99. The first kappa shape index (κ1) is 16.7. The van der Waals surface area contributed by atoms with Crippen molar-refractivity contribution >= 4 is 11.8 Å². The lowest BCUT2D eigenvalue weighted by Gasteiger charge is -2.19. The average molecular weight is 291 g/mol. The standard InChI is InChI=1S/C17H25NOS/c1-4-5-6-8-15(2)18(3)13-7-14-20-17-11-9-16(19)10-12-17/h5-6,8-12,19H,4,7,13-14H2,1-3H3/b6-5-,15-8+. The molecule has 0 atom stereocenters. The fourth-order valence-corrected chi connectivity index (χ4v) is 2.52. The summed E-state index contributed by atoms with van der Waals surface area (Å²) in [6.45, 7) is 5.35. The lowest BCUT2D eigenvalue weighted by Crippen LogP contribution is -2.17. The number of hydrogen-bond acceptors (Lipinski definition) is 3. The Hall–Kier alpha value is -1.35. The highest BCUT2D eigenvalue weighted by Crippen LogP contribution is 2.21. The minimum Gasteiger partial charge on any atom is -0.508 e. The molecule has 1 aromatic carbocycles. The van der Waals surface area contributed by atoms with Gasteiger partial charge in [-0.2, -0.15) is 0 Å². The van der Waals surface area contributed by atoms with Crippen LogP contribution in [-0.4, -0.2) is 29.4 Å². The van der Waals surface area contributed by atoms with Crippen LogP contribution in [0.2, 0.25) is 0 Å². The van der Waals surface area contributed by atoms with Crippen molar-refractivity contribution in [1.29, 1.82) is 0 Å². The highest BCUT2D eigenvalue weighted by atomic mass is 32.2. The largest absolute Gasteiger partial charge is 0.508 e. The monoisotopic (exact) mass is 291 g/mol. The van der Waals surface area contributed by atoms with Crippen LogP contribution in [0.25, 0.3) is 0 Å². The molecule has 2 nitrogen and oxygen atoms in total. The summed E-state index contributed by atoms with van der Waals surface area (Å²) in [6, 6.07) is 7.40. The molecule has 1 rings (SSSR count).